The first-order chi connectivity index (χ1) is 9.69. The van der Waals surface area contributed by atoms with E-state index in [9.17, 15) is 0 Å². The van der Waals surface area contributed by atoms with Gasteiger partial charge in [-0.25, -0.2) is 0 Å². The number of para-hydroxylation sites is 1. The number of fused-ring (bicyclic) bond motifs is 1. The molecule has 1 aromatic heterocycles. The standard InChI is InChI=1S/C16H14N4/c1-10-16(12-4-2-3-5-14(12)19-10)20-15-7-6-11(9-17)8-13(15)18/h2-8,19-20H,18H2,1H3. The highest BCUT2D eigenvalue weighted by atomic mass is 14.9. The van der Waals surface area contributed by atoms with Gasteiger partial charge in [-0.05, 0) is 31.2 Å². The predicted molar refractivity (Wildman–Crippen MR) is 81.9 cm³/mol. The molecule has 4 heteroatoms. The maximum absolute atomic E-state index is 8.86. The van der Waals surface area contributed by atoms with Crippen LogP contribution >= 0.6 is 0 Å². The molecule has 0 fully saturated rings. The Morgan fingerprint density at radius 2 is 2.00 bits per heavy atom. The number of H-pyrrole nitrogens is 1. The Hall–Kier alpha value is -2.93. The van der Waals surface area contributed by atoms with Crippen molar-refractivity contribution in [3.05, 3.63) is 53.7 Å². The fourth-order valence-electron chi connectivity index (χ4n) is 2.32. The molecule has 0 amide bonds. The highest BCUT2D eigenvalue weighted by Crippen LogP contribution is 2.32. The van der Waals surface area contributed by atoms with Gasteiger partial charge in [-0.2, -0.15) is 5.26 Å². The molecule has 0 saturated heterocycles. The summed E-state index contributed by atoms with van der Waals surface area (Å²) in [6, 6.07) is 15.4. The number of nitrogens with two attached hydrogens (primary N) is 1. The summed E-state index contributed by atoms with van der Waals surface area (Å²) in [5.74, 6) is 0. The van der Waals surface area contributed by atoms with Crippen molar-refractivity contribution in [2.75, 3.05) is 11.1 Å². The maximum atomic E-state index is 8.86. The molecule has 0 aliphatic carbocycles. The summed E-state index contributed by atoms with van der Waals surface area (Å²) in [5, 5.41) is 13.3. The first-order valence-corrected chi connectivity index (χ1v) is 6.33. The minimum absolute atomic E-state index is 0.559. The van der Waals surface area contributed by atoms with Gasteiger partial charge in [-0.1, -0.05) is 18.2 Å². The number of rotatable bonds is 2. The topological polar surface area (TPSA) is 77.6 Å². The van der Waals surface area contributed by atoms with Crippen molar-refractivity contribution in [1.82, 2.24) is 4.98 Å². The number of hydrogen-bond donors (Lipinski definition) is 3. The SMILES string of the molecule is Cc1[nH]c2ccccc2c1Nc1ccc(C#N)cc1N. The number of aryl methyl sites for hydroxylation is 1. The van der Waals surface area contributed by atoms with Crippen LogP contribution in [0.5, 0.6) is 0 Å². The van der Waals surface area contributed by atoms with Crippen LogP contribution in [0.25, 0.3) is 10.9 Å². The monoisotopic (exact) mass is 262 g/mol. The van der Waals surface area contributed by atoms with Crippen LogP contribution in [0.1, 0.15) is 11.3 Å². The Morgan fingerprint density at radius 3 is 2.75 bits per heavy atom. The number of aromatic nitrogens is 1. The van der Waals surface area contributed by atoms with Gasteiger partial charge in [0.15, 0.2) is 0 Å². The van der Waals surface area contributed by atoms with Crippen molar-refractivity contribution < 1.29 is 0 Å². The van der Waals surface area contributed by atoms with Crippen molar-refractivity contribution in [2.45, 2.75) is 6.92 Å². The molecule has 2 aromatic carbocycles. The van der Waals surface area contributed by atoms with Gasteiger partial charge in [0.2, 0.25) is 0 Å². The molecule has 0 atom stereocenters. The Morgan fingerprint density at radius 1 is 1.20 bits per heavy atom. The Kier molecular flexibility index (Phi) is 2.81. The summed E-state index contributed by atoms with van der Waals surface area (Å²) in [6.07, 6.45) is 0. The van der Waals surface area contributed by atoms with Crippen molar-refractivity contribution in [1.29, 1.82) is 5.26 Å². The number of nitrogens with one attached hydrogen (secondary N) is 2. The molecule has 0 saturated carbocycles. The van der Waals surface area contributed by atoms with Crippen LogP contribution in [0.2, 0.25) is 0 Å². The average Bonchev–Trinajstić information content (AvgIpc) is 2.77. The Balaban J connectivity index is 2.06. The average molecular weight is 262 g/mol. The zero-order valence-corrected chi connectivity index (χ0v) is 11.1. The molecule has 20 heavy (non-hydrogen) atoms. The van der Waals surface area contributed by atoms with Crippen LogP contribution < -0.4 is 11.1 Å². The van der Waals surface area contributed by atoms with Crippen molar-refractivity contribution in [2.24, 2.45) is 0 Å². The van der Waals surface area contributed by atoms with Gasteiger partial charge in [-0.3, -0.25) is 0 Å². The molecular formula is C16H14N4. The van der Waals surface area contributed by atoms with E-state index in [4.69, 9.17) is 11.0 Å². The second-order valence-corrected chi connectivity index (χ2v) is 4.71. The number of aromatic amines is 1. The highest BCUT2D eigenvalue weighted by molar-refractivity contribution is 5.97. The van der Waals surface area contributed by atoms with Crippen molar-refractivity contribution >= 4 is 28.0 Å². The lowest BCUT2D eigenvalue weighted by Gasteiger charge is -2.09. The second-order valence-electron chi connectivity index (χ2n) is 4.71. The molecule has 0 unspecified atom stereocenters. The maximum Gasteiger partial charge on any atom is 0.0992 e. The summed E-state index contributed by atoms with van der Waals surface area (Å²) in [5.41, 5.74) is 11.1. The van der Waals surface area contributed by atoms with Gasteiger partial charge in [0.1, 0.15) is 0 Å². The van der Waals surface area contributed by atoms with Crippen molar-refractivity contribution in [3.63, 3.8) is 0 Å². The number of nitrogens with zero attached hydrogens (tertiary/aromatic N) is 1. The van der Waals surface area contributed by atoms with E-state index in [2.05, 4.69) is 22.4 Å². The van der Waals surface area contributed by atoms with E-state index in [1.165, 1.54) is 0 Å². The number of benzene rings is 2. The zero-order valence-electron chi connectivity index (χ0n) is 11.1. The quantitative estimate of drug-likeness (QED) is 0.616. The zero-order chi connectivity index (χ0) is 14.1. The largest absolute Gasteiger partial charge is 0.397 e. The van der Waals surface area contributed by atoms with Gasteiger partial charge < -0.3 is 16.0 Å². The van der Waals surface area contributed by atoms with E-state index in [0.29, 0.717) is 11.3 Å². The van der Waals surface area contributed by atoms with Crippen LogP contribution in [0, 0.1) is 18.3 Å². The van der Waals surface area contributed by atoms with E-state index >= 15 is 0 Å². The molecule has 0 aliphatic rings. The molecule has 0 spiro atoms. The molecule has 4 N–H and O–H groups in total. The molecule has 0 radical (unpaired) electrons. The lowest BCUT2D eigenvalue weighted by Crippen LogP contribution is -1.97. The molecule has 3 aromatic rings. The molecule has 1 heterocycles. The fraction of sp³-hybridized carbons (Fsp3) is 0.0625. The molecule has 98 valence electrons. The third-order valence-corrected chi connectivity index (χ3v) is 3.33. The first-order valence-electron chi connectivity index (χ1n) is 6.33. The number of nitrogen functional groups attached to an aromatic ring is 1. The minimum atomic E-state index is 0.559. The van der Waals surface area contributed by atoms with Crippen LogP contribution in [0.4, 0.5) is 17.1 Å². The molecular weight excluding hydrogens is 248 g/mol. The molecule has 3 rings (SSSR count). The van der Waals surface area contributed by atoms with E-state index in [1.807, 2.05) is 31.2 Å². The molecule has 0 bridgehead atoms. The number of hydrogen-bond acceptors (Lipinski definition) is 3. The van der Waals surface area contributed by atoms with E-state index in [1.54, 1.807) is 12.1 Å². The minimum Gasteiger partial charge on any atom is -0.397 e. The Bertz CT molecular complexity index is 824. The second kappa shape index (κ2) is 4.63. The van der Waals surface area contributed by atoms with Gasteiger partial charge >= 0.3 is 0 Å². The smallest absolute Gasteiger partial charge is 0.0992 e. The third-order valence-electron chi connectivity index (χ3n) is 3.33. The predicted octanol–water partition coefficient (Wildman–Crippen LogP) is 3.67. The van der Waals surface area contributed by atoms with Crippen LogP contribution in [-0.2, 0) is 0 Å². The lowest BCUT2D eigenvalue weighted by molar-refractivity contribution is 1.29. The van der Waals surface area contributed by atoms with Crippen LogP contribution in [0.15, 0.2) is 42.5 Å². The van der Waals surface area contributed by atoms with Crippen LogP contribution in [0.3, 0.4) is 0 Å². The van der Waals surface area contributed by atoms with Gasteiger partial charge in [-0.15, -0.1) is 0 Å². The fourth-order valence-corrected chi connectivity index (χ4v) is 2.32. The summed E-state index contributed by atoms with van der Waals surface area (Å²) >= 11 is 0. The van der Waals surface area contributed by atoms with Crippen molar-refractivity contribution in [3.8, 4) is 6.07 Å². The first kappa shape index (κ1) is 12.1. The lowest BCUT2D eigenvalue weighted by atomic mass is 10.1. The summed E-state index contributed by atoms with van der Waals surface area (Å²) in [4.78, 5) is 3.33. The number of anilines is 3. The number of nitriles is 1. The third kappa shape index (κ3) is 1.95. The van der Waals surface area contributed by atoms with E-state index in [-0.39, 0.29) is 0 Å². The summed E-state index contributed by atoms with van der Waals surface area (Å²) < 4.78 is 0. The highest BCUT2D eigenvalue weighted by Gasteiger charge is 2.09. The van der Waals surface area contributed by atoms with Crippen LogP contribution in [-0.4, -0.2) is 4.98 Å². The van der Waals surface area contributed by atoms with Gasteiger partial charge in [0, 0.05) is 16.6 Å². The Labute approximate surface area is 116 Å². The summed E-state index contributed by atoms with van der Waals surface area (Å²) in [6.45, 7) is 2.02. The molecule has 0 aliphatic heterocycles. The van der Waals surface area contributed by atoms with E-state index < -0.39 is 0 Å². The molecule has 4 nitrogen and oxygen atoms in total. The van der Waals surface area contributed by atoms with Gasteiger partial charge in [0.05, 0.1) is 28.7 Å². The van der Waals surface area contributed by atoms with Gasteiger partial charge in [0.25, 0.3) is 0 Å². The van der Waals surface area contributed by atoms with E-state index in [0.717, 1.165) is 28.0 Å². The normalized spacial score (nSPS) is 10.4. The summed E-state index contributed by atoms with van der Waals surface area (Å²) in [7, 11) is 0.